The summed E-state index contributed by atoms with van der Waals surface area (Å²) in [5.41, 5.74) is -1.04. The summed E-state index contributed by atoms with van der Waals surface area (Å²) in [5.74, 6) is 0.677. The number of Topliss-reactive ketones (excluding diaryl/α,β-unsaturated/α-hetero) is 1. The molecule has 0 heterocycles. The topological polar surface area (TPSA) is 97.4 Å². The van der Waals surface area contributed by atoms with Crippen molar-refractivity contribution in [2.24, 2.45) is 34.5 Å². The maximum Gasteiger partial charge on any atom is 0.356 e. The number of rotatable bonds is 13. The molecule has 0 bridgehead atoms. The van der Waals surface area contributed by atoms with Crippen LogP contribution in [0.25, 0.3) is 0 Å². The van der Waals surface area contributed by atoms with E-state index in [0.29, 0.717) is 12.8 Å². The first-order chi connectivity index (χ1) is 22.7. The van der Waals surface area contributed by atoms with Crippen LogP contribution in [0.1, 0.15) is 102 Å². The van der Waals surface area contributed by atoms with Gasteiger partial charge in [-0.05, 0) is 112 Å². The van der Waals surface area contributed by atoms with Crippen LogP contribution in [0, 0.1) is 34.5 Å². The van der Waals surface area contributed by atoms with E-state index in [9.17, 15) is 9.36 Å². The summed E-state index contributed by atoms with van der Waals surface area (Å²) in [6.07, 6.45) is 8.13. The molecule has 3 saturated carbocycles. The predicted octanol–water partition coefficient (Wildman–Crippen LogP) is 10.1. The van der Waals surface area contributed by atoms with E-state index in [2.05, 4.69) is 94.6 Å². The molecular weight excluding hydrogens is 684 g/mol. The molecule has 3 fully saturated rings. The van der Waals surface area contributed by atoms with E-state index in [-0.39, 0.29) is 83.0 Å². The van der Waals surface area contributed by atoms with Crippen LogP contribution in [0.15, 0.2) is 23.8 Å². The number of carbonyl (C=O) groups excluding carboxylic acids is 2. The summed E-state index contributed by atoms with van der Waals surface area (Å²) in [6, 6.07) is 0. The Morgan fingerprint density at radius 1 is 0.980 bits per heavy atom. The molecule has 0 spiro atoms. The maximum atomic E-state index is 15.0. The van der Waals surface area contributed by atoms with Crippen molar-refractivity contribution in [3.05, 3.63) is 23.8 Å². The van der Waals surface area contributed by atoms with Crippen molar-refractivity contribution in [3.63, 3.8) is 0 Å². The van der Waals surface area contributed by atoms with E-state index in [1.807, 2.05) is 6.08 Å². The molecule has 4 rings (SSSR count). The molecule has 0 aromatic rings. The van der Waals surface area contributed by atoms with Crippen molar-refractivity contribution in [1.82, 2.24) is 0 Å². The van der Waals surface area contributed by atoms with Crippen LogP contribution >= 0.6 is 7.60 Å². The number of ether oxygens (including phenoxy) is 1. The minimum atomic E-state index is -3.63. The third kappa shape index (κ3) is 7.36. The standard InChI is InChI=1S/C39H69O8PSi2/c1-16-44-48(42,45-17-2)26-43-39(33(41)25-46-49(12,13)35(4,5)6)21-19-30-29-22-27(3)31-23-28(40)18-20-37(31,10)34(29)32(24-38(30,39)11)47-50(14,15)36(7,8)9/h18,20,23,27,29-30,32,34H,16-17,19,21-22,24-26H2,1-15H3/t27-,29-,30-,32-,34+,37-,38-,39-/m0/s1. The summed E-state index contributed by atoms with van der Waals surface area (Å²) in [4.78, 5) is 27.8. The van der Waals surface area contributed by atoms with Crippen LogP contribution in [0.2, 0.25) is 36.3 Å². The zero-order valence-corrected chi connectivity index (χ0v) is 36.9. The second-order valence-electron chi connectivity index (χ2n) is 19.1. The van der Waals surface area contributed by atoms with Crippen LogP contribution in [-0.2, 0) is 36.8 Å². The molecule has 286 valence electrons. The van der Waals surface area contributed by atoms with E-state index >= 15 is 4.79 Å². The lowest BCUT2D eigenvalue weighted by atomic mass is 9.44. The molecule has 0 amide bonds. The van der Waals surface area contributed by atoms with Crippen molar-refractivity contribution >= 4 is 35.8 Å². The minimum absolute atomic E-state index is 0.0299. The molecule has 8 atom stereocenters. The number of carbonyl (C=O) groups is 2. The van der Waals surface area contributed by atoms with Crippen molar-refractivity contribution in [3.8, 4) is 0 Å². The van der Waals surface area contributed by atoms with Gasteiger partial charge < -0.3 is 22.6 Å². The Bertz CT molecular complexity index is 1400. The van der Waals surface area contributed by atoms with E-state index in [1.54, 1.807) is 19.9 Å². The lowest BCUT2D eigenvalue weighted by Crippen LogP contribution is -2.65. The Morgan fingerprint density at radius 2 is 1.56 bits per heavy atom. The quantitative estimate of drug-likeness (QED) is 0.136. The summed E-state index contributed by atoms with van der Waals surface area (Å²) >= 11 is 0. The highest BCUT2D eigenvalue weighted by molar-refractivity contribution is 7.53. The van der Waals surface area contributed by atoms with E-state index in [4.69, 9.17) is 22.6 Å². The molecule has 0 unspecified atom stereocenters. The van der Waals surface area contributed by atoms with Gasteiger partial charge in [0.1, 0.15) is 11.9 Å². The second kappa shape index (κ2) is 14.2. The summed E-state index contributed by atoms with van der Waals surface area (Å²) in [6.45, 7) is 33.0. The summed E-state index contributed by atoms with van der Waals surface area (Å²) in [7, 11) is -8.23. The van der Waals surface area contributed by atoms with Crippen LogP contribution in [0.4, 0.5) is 0 Å². The van der Waals surface area contributed by atoms with E-state index in [0.717, 1.165) is 12.8 Å². The Labute approximate surface area is 306 Å². The van der Waals surface area contributed by atoms with E-state index in [1.165, 1.54) is 5.57 Å². The molecular formula is C39H69O8PSi2. The number of allylic oxidation sites excluding steroid dienone is 4. The summed E-state index contributed by atoms with van der Waals surface area (Å²) in [5, 5.41) is -0.102. The monoisotopic (exact) mass is 752 g/mol. The van der Waals surface area contributed by atoms with Crippen molar-refractivity contribution in [2.75, 3.05) is 26.2 Å². The fourth-order valence-corrected chi connectivity index (χ4v) is 13.1. The Balaban J connectivity index is 1.88. The molecule has 0 aromatic carbocycles. The number of fused-ring (bicyclic) bond motifs is 5. The average Bonchev–Trinajstić information content (AvgIpc) is 3.27. The first kappa shape index (κ1) is 42.0. The van der Waals surface area contributed by atoms with Gasteiger partial charge >= 0.3 is 7.60 Å². The normalized spacial score (nSPS) is 35.0. The fourth-order valence-electron chi connectivity index (χ4n) is 9.42. The molecule has 0 saturated heterocycles. The largest absolute Gasteiger partial charge is 0.414 e. The predicted molar refractivity (Wildman–Crippen MR) is 206 cm³/mol. The van der Waals surface area contributed by atoms with Gasteiger partial charge in [-0.25, -0.2) is 0 Å². The van der Waals surface area contributed by atoms with Crippen molar-refractivity contribution < 1.29 is 36.8 Å². The van der Waals surface area contributed by atoms with Gasteiger partial charge in [0.15, 0.2) is 28.2 Å². The second-order valence-corrected chi connectivity index (χ2v) is 30.7. The zero-order valence-electron chi connectivity index (χ0n) is 34.0. The van der Waals surface area contributed by atoms with Crippen LogP contribution in [0.5, 0.6) is 0 Å². The Morgan fingerprint density at radius 3 is 2.10 bits per heavy atom. The van der Waals surface area contributed by atoms with Crippen LogP contribution in [-0.4, -0.2) is 66.1 Å². The van der Waals surface area contributed by atoms with Gasteiger partial charge in [0.25, 0.3) is 0 Å². The van der Waals surface area contributed by atoms with Gasteiger partial charge in [-0.1, -0.05) is 74.0 Å². The number of hydrogen-bond acceptors (Lipinski definition) is 8. The molecule has 0 radical (unpaired) electrons. The lowest BCUT2D eigenvalue weighted by Gasteiger charge is -2.63. The highest BCUT2D eigenvalue weighted by Crippen LogP contribution is 2.70. The van der Waals surface area contributed by atoms with Gasteiger partial charge in [0.2, 0.25) is 0 Å². The first-order valence-corrected chi connectivity index (χ1v) is 26.6. The molecule has 11 heteroatoms. The van der Waals surface area contributed by atoms with E-state index < -0.39 is 35.2 Å². The molecule has 8 nitrogen and oxygen atoms in total. The summed E-state index contributed by atoms with van der Waals surface area (Å²) < 4.78 is 46.4. The number of hydrogen-bond donors (Lipinski definition) is 0. The molecule has 0 aromatic heterocycles. The third-order valence-corrected chi connectivity index (χ3v) is 24.8. The molecule has 4 aliphatic carbocycles. The first-order valence-electron chi connectivity index (χ1n) is 19.1. The fraction of sp³-hybridized carbons (Fsp3) is 0.846. The van der Waals surface area contributed by atoms with Gasteiger partial charge in [0.05, 0.1) is 19.8 Å². The van der Waals surface area contributed by atoms with Gasteiger partial charge in [-0.3, -0.25) is 14.2 Å². The zero-order chi connectivity index (χ0) is 37.9. The highest BCUT2D eigenvalue weighted by atomic mass is 31.2. The average molecular weight is 753 g/mol. The Hall–Kier alpha value is -0.716. The smallest absolute Gasteiger partial charge is 0.356 e. The molecule has 4 aliphatic rings. The van der Waals surface area contributed by atoms with Gasteiger partial charge in [0, 0.05) is 16.9 Å². The minimum Gasteiger partial charge on any atom is -0.414 e. The SMILES string of the molecule is CCOP(=O)(CO[C@]1(C(=O)CO[Si](C)(C)C(C)(C)C)CC[C@H]2[C@@H]3C[C@H](C)C4=CC(=O)C=C[C@]4(C)[C@H]3[C@@H](O[Si](C)(C)C(C)(C)C)C[C@@]21C)OCC. The van der Waals surface area contributed by atoms with Crippen molar-refractivity contribution in [2.45, 2.75) is 150 Å². The lowest BCUT2D eigenvalue weighted by molar-refractivity contribution is -0.189. The number of ketones is 2. The van der Waals surface area contributed by atoms with Gasteiger partial charge in [-0.2, -0.15) is 0 Å². The molecule has 0 N–H and O–H groups in total. The maximum absolute atomic E-state index is 15.0. The molecule has 50 heavy (non-hydrogen) atoms. The van der Waals surface area contributed by atoms with Crippen LogP contribution < -0.4 is 0 Å². The highest BCUT2D eigenvalue weighted by Gasteiger charge is 2.71. The van der Waals surface area contributed by atoms with Gasteiger partial charge in [-0.15, -0.1) is 0 Å². The Kier molecular flexibility index (Phi) is 11.9. The van der Waals surface area contributed by atoms with Crippen molar-refractivity contribution in [1.29, 1.82) is 0 Å². The van der Waals surface area contributed by atoms with Crippen LogP contribution in [0.3, 0.4) is 0 Å². The molecule has 0 aliphatic heterocycles. The third-order valence-electron chi connectivity index (χ3n) is 14.1.